The number of amides is 1. The lowest BCUT2D eigenvalue weighted by atomic mass is 9.82. The minimum absolute atomic E-state index is 0.00492. The van der Waals surface area contributed by atoms with Crippen molar-refractivity contribution in [1.29, 1.82) is 0 Å². The van der Waals surface area contributed by atoms with Gasteiger partial charge in [-0.1, -0.05) is 63.2 Å². The summed E-state index contributed by atoms with van der Waals surface area (Å²) in [7, 11) is 0. The van der Waals surface area contributed by atoms with Crippen LogP contribution in [0.2, 0.25) is 0 Å². The van der Waals surface area contributed by atoms with Crippen LogP contribution in [-0.4, -0.2) is 82.8 Å². The summed E-state index contributed by atoms with van der Waals surface area (Å²) >= 11 is 0. The number of nitrogens with zero attached hydrogens (tertiary/aromatic N) is 3. The van der Waals surface area contributed by atoms with Crippen molar-refractivity contribution in [3.05, 3.63) is 59.7 Å². The predicted octanol–water partition coefficient (Wildman–Crippen LogP) is 6.49. The minimum atomic E-state index is -3.71. The van der Waals surface area contributed by atoms with E-state index in [1.807, 2.05) is 57.2 Å². The van der Waals surface area contributed by atoms with E-state index in [2.05, 4.69) is 30.6 Å². The Hall–Kier alpha value is -2.95. The molecule has 0 spiro atoms. The third-order valence-corrected chi connectivity index (χ3v) is 8.88. The number of hydrogen-bond acceptors (Lipinski definition) is 7. The molecule has 5 rings (SSSR count). The smallest absolute Gasteiger partial charge is 0.444 e. The molecule has 0 radical (unpaired) electrons. The van der Waals surface area contributed by atoms with E-state index in [0.717, 1.165) is 18.4 Å². The van der Waals surface area contributed by atoms with Gasteiger partial charge in [-0.15, -0.1) is 8.78 Å². The second kappa shape index (κ2) is 12.4. The number of para-hydroxylation sites is 1. The minimum Gasteiger partial charge on any atom is -0.444 e. The molecular weight excluding hydrogens is 568 g/mol. The van der Waals surface area contributed by atoms with Gasteiger partial charge in [0.25, 0.3) is 0 Å². The van der Waals surface area contributed by atoms with E-state index in [-0.39, 0.29) is 35.1 Å². The van der Waals surface area contributed by atoms with Gasteiger partial charge in [0.05, 0.1) is 6.04 Å². The van der Waals surface area contributed by atoms with Crippen LogP contribution in [0.5, 0.6) is 11.5 Å². The number of fused-ring (bicyclic) bond motifs is 1. The molecule has 3 aliphatic heterocycles. The highest BCUT2D eigenvalue weighted by Crippen LogP contribution is 2.48. The summed E-state index contributed by atoms with van der Waals surface area (Å²) in [6, 6.07) is 14.6. The zero-order valence-corrected chi connectivity index (χ0v) is 26.8. The number of carbonyl (C=O) groups excluding carboxylic acids is 1. The molecule has 2 fully saturated rings. The highest BCUT2D eigenvalue weighted by atomic mass is 19.3. The van der Waals surface area contributed by atoms with Gasteiger partial charge in [0.15, 0.2) is 11.5 Å². The van der Waals surface area contributed by atoms with Crippen molar-refractivity contribution in [2.24, 2.45) is 11.3 Å². The molecule has 0 aromatic heterocycles. The van der Waals surface area contributed by atoms with Crippen LogP contribution < -0.4 is 9.47 Å². The van der Waals surface area contributed by atoms with Crippen LogP contribution in [0.3, 0.4) is 0 Å². The molecule has 8 nitrogen and oxygen atoms in total. The molecular formula is C34H47F2N3O5. The highest BCUT2D eigenvalue weighted by molar-refractivity contribution is 5.68. The Morgan fingerprint density at radius 3 is 2.30 bits per heavy atom. The van der Waals surface area contributed by atoms with Crippen LogP contribution in [0.25, 0.3) is 0 Å². The van der Waals surface area contributed by atoms with Gasteiger partial charge in [-0.25, -0.2) is 4.79 Å². The zero-order valence-electron chi connectivity index (χ0n) is 26.8. The predicted molar refractivity (Wildman–Crippen MR) is 164 cm³/mol. The number of carbonyl (C=O) groups is 1. The summed E-state index contributed by atoms with van der Waals surface area (Å²) in [5.74, 6) is 0.400. The van der Waals surface area contributed by atoms with Gasteiger partial charge in [0, 0.05) is 44.3 Å². The van der Waals surface area contributed by atoms with Crippen molar-refractivity contribution in [3.8, 4) is 11.5 Å². The van der Waals surface area contributed by atoms with Crippen molar-refractivity contribution in [2.45, 2.75) is 91.0 Å². The Balaban J connectivity index is 1.32. The van der Waals surface area contributed by atoms with Gasteiger partial charge in [-0.2, -0.15) is 0 Å². The number of aliphatic hydroxyl groups excluding tert-OH is 1. The molecule has 2 unspecified atom stereocenters. The molecule has 3 atom stereocenters. The van der Waals surface area contributed by atoms with Crippen LogP contribution in [0.15, 0.2) is 48.5 Å². The Bertz CT molecular complexity index is 1290. The standard InChI is InChI=1S/C34H47F2N3O5/c1-32(2,3)27-22-38(19-20-39(27)28(40)21-23-15-17-37(18-16-23)31(41)44-33(4,5)6)29(24-11-8-7-9-12-24)25-13-10-14-26-30(25)43-34(35,36)42-26/h7-14,23,27-29,40H,15-22H2,1-6H3/t27-,28?,29?/m1/s1. The van der Waals surface area contributed by atoms with E-state index in [4.69, 9.17) is 14.2 Å². The molecule has 44 heavy (non-hydrogen) atoms. The van der Waals surface area contributed by atoms with Crippen LogP contribution in [-0.2, 0) is 4.74 Å². The van der Waals surface area contributed by atoms with E-state index in [0.29, 0.717) is 50.6 Å². The lowest BCUT2D eigenvalue weighted by Gasteiger charge is -2.51. The number of rotatable bonds is 6. The molecule has 2 aromatic rings. The molecule has 3 heterocycles. The maximum atomic E-state index is 14.2. The van der Waals surface area contributed by atoms with E-state index >= 15 is 0 Å². The van der Waals surface area contributed by atoms with Gasteiger partial charge < -0.3 is 24.2 Å². The SMILES string of the molecule is CC(C)(C)OC(=O)N1CCC(CC(O)N2CCN(C(c3ccccc3)c3cccc4c3OC(F)(F)O4)C[C@@H]2C(C)(C)C)CC1. The number of benzene rings is 2. The monoisotopic (exact) mass is 615 g/mol. The van der Waals surface area contributed by atoms with E-state index in [1.54, 1.807) is 11.0 Å². The van der Waals surface area contributed by atoms with E-state index < -0.39 is 18.1 Å². The first-order valence-electron chi connectivity index (χ1n) is 15.7. The number of aliphatic hydroxyl groups is 1. The molecule has 1 N–H and O–H groups in total. The van der Waals surface area contributed by atoms with E-state index in [9.17, 15) is 18.7 Å². The number of halogens is 2. The third-order valence-electron chi connectivity index (χ3n) is 8.88. The summed E-state index contributed by atoms with van der Waals surface area (Å²) in [6.45, 7) is 15.2. The summed E-state index contributed by atoms with van der Waals surface area (Å²) in [5, 5.41) is 11.6. The van der Waals surface area contributed by atoms with Crippen LogP contribution in [0.1, 0.15) is 78.0 Å². The van der Waals surface area contributed by atoms with Gasteiger partial charge in [0.1, 0.15) is 11.8 Å². The molecule has 1 amide bonds. The molecule has 2 aromatic carbocycles. The Labute approximate surface area is 259 Å². The van der Waals surface area contributed by atoms with Gasteiger partial charge in [-0.3, -0.25) is 9.80 Å². The summed E-state index contributed by atoms with van der Waals surface area (Å²) in [6.07, 6.45) is -2.36. The van der Waals surface area contributed by atoms with E-state index in [1.165, 1.54) is 6.07 Å². The van der Waals surface area contributed by atoms with Crippen molar-refractivity contribution in [3.63, 3.8) is 0 Å². The maximum absolute atomic E-state index is 14.2. The van der Waals surface area contributed by atoms with Crippen LogP contribution in [0.4, 0.5) is 13.6 Å². The first kappa shape index (κ1) is 32.4. The third kappa shape index (κ3) is 7.46. The molecule has 0 aliphatic carbocycles. The fourth-order valence-corrected chi connectivity index (χ4v) is 6.72. The quantitative estimate of drug-likeness (QED) is 0.399. The highest BCUT2D eigenvalue weighted by Gasteiger charge is 2.47. The Kier molecular flexibility index (Phi) is 9.18. The molecule has 3 aliphatic rings. The maximum Gasteiger partial charge on any atom is 0.586 e. The normalized spacial score (nSPS) is 22.9. The van der Waals surface area contributed by atoms with Crippen molar-refractivity contribution < 1.29 is 32.9 Å². The fraction of sp³-hybridized carbons (Fsp3) is 0.618. The Morgan fingerprint density at radius 2 is 1.66 bits per heavy atom. The van der Waals surface area contributed by atoms with Gasteiger partial charge in [0.2, 0.25) is 0 Å². The first-order chi connectivity index (χ1) is 20.6. The van der Waals surface area contributed by atoms with Gasteiger partial charge >= 0.3 is 12.4 Å². The van der Waals surface area contributed by atoms with Crippen LogP contribution >= 0.6 is 0 Å². The first-order valence-corrected chi connectivity index (χ1v) is 15.7. The molecule has 0 bridgehead atoms. The second-order valence-electron chi connectivity index (χ2n) is 14.4. The molecule has 0 saturated carbocycles. The van der Waals surface area contributed by atoms with Crippen molar-refractivity contribution in [1.82, 2.24) is 14.7 Å². The number of piperidine rings is 1. The number of alkyl halides is 2. The number of ether oxygens (including phenoxy) is 3. The average Bonchev–Trinajstić information content (AvgIpc) is 3.27. The largest absolute Gasteiger partial charge is 0.586 e. The topological polar surface area (TPSA) is 74.7 Å². The summed E-state index contributed by atoms with van der Waals surface area (Å²) in [4.78, 5) is 18.8. The van der Waals surface area contributed by atoms with Crippen molar-refractivity contribution >= 4 is 6.09 Å². The number of piperazine rings is 1. The number of likely N-dealkylation sites (tertiary alicyclic amines) is 1. The molecule has 10 heteroatoms. The Morgan fingerprint density at radius 1 is 0.977 bits per heavy atom. The van der Waals surface area contributed by atoms with Crippen molar-refractivity contribution in [2.75, 3.05) is 32.7 Å². The average molecular weight is 616 g/mol. The fourth-order valence-electron chi connectivity index (χ4n) is 6.72. The van der Waals surface area contributed by atoms with Gasteiger partial charge in [-0.05, 0) is 63.0 Å². The summed E-state index contributed by atoms with van der Waals surface area (Å²) < 4.78 is 43.7. The summed E-state index contributed by atoms with van der Waals surface area (Å²) in [5.41, 5.74) is 0.898. The zero-order chi connectivity index (χ0) is 31.9. The van der Waals surface area contributed by atoms with Crippen LogP contribution in [0, 0.1) is 11.3 Å². The second-order valence-corrected chi connectivity index (χ2v) is 14.4. The lowest BCUT2D eigenvalue weighted by molar-refractivity contribution is -0.287. The lowest BCUT2D eigenvalue weighted by Crippen LogP contribution is -2.61. The molecule has 242 valence electrons. The molecule has 2 saturated heterocycles. The number of hydrogen-bond donors (Lipinski definition) is 1.